The van der Waals surface area contributed by atoms with Gasteiger partial charge in [-0.25, -0.2) is 0 Å². The van der Waals surface area contributed by atoms with Gasteiger partial charge in [-0.3, -0.25) is 9.78 Å². The van der Waals surface area contributed by atoms with Gasteiger partial charge < -0.3 is 14.8 Å². The molecule has 0 aliphatic rings. The third kappa shape index (κ3) is 6.14. The van der Waals surface area contributed by atoms with Crippen LogP contribution < -0.4 is 14.8 Å². The van der Waals surface area contributed by atoms with Crippen LogP contribution in [-0.2, 0) is 12.8 Å². The quantitative estimate of drug-likeness (QED) is 0.393. The van der Waals surface area contributed by atoms with Crippen LogP contribution in [0.4, 0.5) is 0 Å². The topological polar surface area (TPSA) is 86.2 Å². The minimum Gasteiger partial charge on any atom is -0.493 e. The number of ether oxygens (including phenoxy) is 2. The molecule has 4 aromatic rings. The minimum absolute atomic E-state index is 0.198. The molecule has 4 rings (SSSR count). The van der Waals surface area contributed by atoms with Crippen LogP contribution in [0.5, 0.6) is 16.7 Å². The summed E-state index contributed by atoms with van der Waals surface area (Å²) in [7, 11) is 1.55. The number of rotatable bonds is 9. The molecule has 0 spiro atoms. The summed E-state index contributed by atoms with van der Waals surface area (Å²) in [5, 5.41) is 3.30. The Hall–Kier alpha value is -3.78. The monoisotopic (exact) mass is 460 g/mol. The fourth-order valence-electron chi connectivity index (χ4n) is 3.18. The Morgan fingerprint density at radius 1 is 1.06 bits per heavy atom. The first-order valence-corrected chi connectivity index (χ1v) is 11.3. The van der Waals surface area contributed by atoms with Gasteiger partial charge in [0.1, 0.15) is 0 Å². The molecule has 33 heavy (non-hydrogen) atoms. The molecule has 7 nitrogen and oxygen atoms in total. The molecule has 1 amide bonds. The van der Waals surface area contributed by atoms with Gasteiger partial charge in [0.25, 0.3) is 11.1 Å². The van der Waals surface area contributed by atoms with Crippen molar-refractivity contribution >= 4 is 17.4 Å². The number of benzene rings is 2. The Labute approximate surface area is 196 Å². The van der Waals surface area contributed by atoms with Crippen LogP contribution >= 0.6 is 11.5 Å². The molecule has 0 unspecified atom stereocenters. The van der Waals surface area contributed by atoms with Gasteiger partial charge in [0.15, 0.2) is 17.3 Å². The maximum Gasteiger partial charge on any atom is 0.298 e. The van der Waals surface area contributed by atoms with E-state index in [-0.39, 0.29) is 5.91 Å². The number of aryl methyl sites for hydroxylation is 1. The molecule has 0 radical (unpaired) electrons. The smallest absolute Gasteiger partial charge is 0.298 e. The number of hydrogen-bond donors (Lipinski definition) is 1. The third-order valence-electron chi connectivity index (χ3n) is 4.95. The summed E-state index contributed by atoms with van der Waals surface area (Å²) in [5.41, 5.74) is 3.74. The maximum absolute atomic E-state index is 12.6. The number of amides is 1. The summed E-state index contributed by atoms with van der Waals surface area (Å²) < 4.78 is 15.7. The average Bonchev–Trinajstić information content (AvgIpc) is 3.27. The van der Waals surface area contributed by atoms with Gasteiger partial charge in [-0.05, 0) is 42.8 Å². The largest absolute Gasteiger partial charge is 0.493 e. The van der Waals surface area contributed by atoms with Crippen LogP contribution in [-0.4, -0.2) is 33.9 Å². The summed E-state index contributed by atoms with van der Waals surface area (Å²) in [5.74, 6) is 1.40. The van der Waals surface area contributed by atoms with Crippen LogP contribution in [0.3, 0.4) is 0 Å². The van der Waals surface area contributed by atoms with Crippen molar-refractivity contribution in [3.8, 4) is 16.7 Å². The fourth-order valence-corrected chi connectivity index (χ4v) is 3.75. The first-order chi connectivity index (χ1) is 16.1. The normalized spacial score (nSPS) is 10.6. The molecular weight excluding hydrogens is 436 g/mol. The molecule has 0 aliphatic heterocycles. The lowest BCUT2D eigenvalue weighted by Gasteiger charge is -2.10. The summed E-state index contributed by atoms with van der Waals surface area (Å²) in [6.07, 6.45) is 3.01. The number of nitrogens with one attached hydrogen (secondary N) is 1. The Bertz CT molecular complexity index is 1210. The van der Waals surface area contributed by atoms with E-state index in [1.165, 1.54) is 17.1 Å². The van der Waals surface area contributed by atoms with Gasteiger partial charge in [-0.15, -0.1) is 0 Å². The Morgan fingerprint density at radius 2 is 1.91 bits per heavy atom. The third-order valence-corrected chi connectivity index (χ3v) is 5.58. The fraction of sp³-hybridized carbons (Fsp3) is 0.200. The van der Waals surface area contributed by atoms with E-state index in [1.54, 1.807) is 31.5 Å². The van der Waals surface area contributed by atoms with Gasteiger partial charge in [-0.2, -0.15) is 9.36 Å². The van der Waals surface area contributed by atoms with Crippen LogP contribution in [0.25, 0.3) is 0 Å². The number of hydrogen-bond acceptors (Lipinski definition) is 7. The molecule has 0 atom stereocenters. The SMILES string of the molecule is COc1ccc(C(=O)NCCc2ccccn2)cc1Oc1nc(Cc2ccc(C)cc2)ns1. The molecule has 0 bridgehead atoms. The minimum atomic E-state index is -0.198. The van der Waals surface area contributed by atoms with Crippen LogP contribution in [0.2, 0.25) is 0 Å². The van der Waals surface area contributed by atoms with E-state index in [1.807, 2.05) is 18.2 Å². The maximum atomic E-state index is 12.6. The van der Waals surface area contributed by atoms with E-state index in [0.29, 0.717) is 47.5 Å². The van der Waals surface area contributed by atoms with Crippen molar-refractivity contribution in [2.24, 2.45) is 0 Å². The average molecular weight is 461 g/mol. The van der Waals surface area contributed by atoms with Crippen molar-refractivity contribution in [2.75, 3.05) is 13.7 Å². The van der Waals surface area contributed by atoms with Gasteiger partial charge >= 0.3 is 0 Å². The summed E-state index contributed by atoms with van der Waals surface area (Å²) in [6, 6.07) is 19.0. The highest BCUT2D eigenvalue weighted by molar-refractivity contribution is 7.07. The Morgan fingerprint density at radius 3 is 2.67 bits per heavy atom. The highest BCUT2D eigenvalue weighted by Gasteiger charge is 2.14. The molecule has 168 valence electrons. The zero-order valence-corrected chi connectivity index (χ0v) is 19.3. The second-order valence-corrected chi connectivity index (χ2v) is 8.15. The molecule has 0 saturated heterocycles. The lowest BCUT2D eigenvalue weighted by Crippen LogP contribution is -2.25. The zero-order valence-electron chi connectivity index (χ0n) is 18.4. The second kappa shape index (κ2) is 10.7. The first-order valence-electron chi connectivity index (χ1n) is 10.5. The van der Waals surface area contributed by atoms with Crippen LogP contribution in [0.1, 0.15) is 33.0 Å². The molecule has 1 N–H and O–H groups in total. The van der Waals surface area contributed by atoms with Crippen molar-refractivity contribution in [2.45, 2.75) is 19.8 Å². The number of aromatic nitrogens is 3. The molecule has 8 heteroatoms. The van der Waals surface area contributed by atoms with Crippen molar-refractivity contribution in [3.63, 3.8) is 0 Å². The van der Waals surface area contributed by atoms with Crippen molar-refractivity contribution < 1.29 is 14.3 Å². The predicted molar refractivity (Wildman–Crippen MR) is 127 cm³/mol. The second-order valence-electron chi connectivity index (χ2n) is 7.43. The van der Waals surface area contributed by atoms with Gasteiger partial charge in [0.2, 0.25) is 0 Å². The summed E-state index contributed by atoms with van der Waals surface area (Å²) in [6.45, 7) is 2.54. The Kier molecular flexibility index (Phi) is 7.26. The molecule has 0 aliphatic carbocycles. The predicted octanol–water partition coefficient (Wildman–Crippen LogP) is 4.61. The highest BCUT2D eigenvalue weighted by Crippen LogP contribution is 2.33. The molecular formula is C25H24N4O3S. The number of carbonyl (C=O) groups is 1. The zero-order chi connectivity index (χ0) is 23.0. The van der Waals surface area contributed by atoms with E-state index in [9.17, 15) is 4.79 Å². The Balaban J connectivity index is 1.41. The van der Waals surface area contributed by atoms with E-state index >= 15 is 0 Å². The van der Waals surface area contributed by atoms with Crippen molar-refractivity contribution in [1.82, 2.24) is 19.7 Å². The lowest BCUT2D eigenvalue weighted by atomic mass is 10.1. The first kappa shape index (κ1) is 22.4. The van der Waals surface area contributed by atoms with Crippen LogP contribution in [0.15, 0.2) is 66.9 Å². The number of methoxy groups -OCH3 is 1. The standard InChI is InChI=1S/C25H24N4O3S/c1-17-6-8-18(9-7-17)15-23-28-25(33-29-23)32-22-16-19(10-11-21(22)31-2)24(30)27-14-12-20-5-3-4-13-26-20/h3-11,13,16H,12,14-15H2,1-2H3,(H,27,30). The molecule has 2 aromatic heterocycles. The molecule has 2 aromatic carbocycles. The highest BCUT2D eigenvalue weighted by atomic mass is 32.1. The number of carbonyl (C=O) groups excluding carboxylic acids is 1. The van der Waals surface area contributed by atoms with Crippen molar-refractivity contribution in [3.05, 3.63) is 95.1 Å². The van der Waals surface area contributed by atoms with Gasteiger partial charge in [0, 0.05) is 48.4 Å². The lowest BCUT2D eigenvalue weighted by molar-refractivity contribution is 0.0953. The van der Waals surface area contributed by atoms with Gasteiger partial charge in [0.05, 0.1) is 7.11 Å². The molecule has 2 heterocycles. The molecule has 0 fully saturated rings. The van der Waals surface area contributed by atoms with Gasteiger partial charge in [-0.1, -0.05) is 35.9 Å². The number of pyridine rings is 1. The van der Waals surface area contributed by atoms with E-state index < -0.39 is 0 Å². The summed E-state index contributed by atoms with van der Waals surface area (Å²) in [4.78, 5) is 21.4. The number of nitrogens with zero attached hydrogens (tertiary/aromatic N) is 3. The van der Waals surface area contributed by atoms with Crippen molar-refractivity contribution in [1.29, 1.82) is 0 Å². The molecule has 0 saturated carbocycles. The van der Waals surface area contributed by atoms with E-state index in [2.05, 4.69) is 50.8 Å². The van der Waals surface area contributed by atoms with Crippen LogP contribution in [0, 0.1) is 6.92 Å². The van der Waals surface area contributed by atoms with E-state index in [0.717, 1.165) is 11.3 Å². The van der Waals surface area contributed by atoms with E-state index in [4.69, 9.17) is 9.47 Å². The summed E-state index contributed by atoms with van der Waals surface area (Å²) >= 11 is 1.17.